The van der Waals surface area contributed by atoms with Gasteiger partial charge in [0, 0.05) is 6.20 Å². The molecule has 16 heavy (non-hydrogen) atoms. The Balaban J connectivity index is 2.25. The van der Waals surface area contributed by atoms with Crippen LogP contribution in [-0.4, -0.2) is 11.5 Å². The number of nitrogens with zero attached hydrogens (tertiary/aromatic N) is 1. The summed E-state index contributed by atoms with van der Waals surface area (Å²) in [6.45, 7) is 0.659. The van der Waals surface area contributed by atoms with Crippen molar-refractivity contribution in [3.8, 4) is 0 Å². The summed E-state index contributed by atoms with van der Waals surface area (Å²) in [4.78, 5) is 3.81. The first-order valence-electron chi connectivity index (χ1n) is 6.12. The van der Waals surface area contributed by atoms with E-state index < -0.39 is 0 Å². The first-order chi connectivity index (χ1) is 7.83. The first-order valence-corrected chi connectivity index (χ1v) is 6.12. The number of nitrogens with two attached hydrogens (primary N) is 1. The lowest BCUT2D eigenvalue weighted by Gasteiger charge is -2.24. The Labute approximate surface area is 96.1 Å². The third kappa shape index (κ3) is 2.40. The second kappa shape index (κ2) is 5.39. The molecule has 2 nitrogen and oxygen atoms in total. The average molecular weight is 222 g/mol. The van der Waals surface area contributed by atoms with Gasteiger partial charge in [0.2, 0.25) is 0 Å². The zero-order chi connectivity index (χ0) is 11.4. The standard InChI is InChI=1S/C13H19FN2/c14-13-9-16-7-6-12(13)11-5-3-1-2-4-10(11)8-15/h6-7,9-11H,1-5,8,15H2. The summed E-state index contributed by atoms with van der Waals surface area (Å²) in [6, 6.07) is 1.81. The molecule has 0 spiro atoms. The van der Waals surface area contributed by atoms with E-state index in [2.05, 4.69) is 4.98 Å². The van der Waals surface area contributed by atoms with Gasteiger partial charge in [-0.1, -0.05) is 19.3 Å². The van der Waals surface area contributed by atoms with Gasteiger partial charge < -0.3 is 5.73 Å². The van der Waals surface area contributed by atoms with E-state index in [4.69, 9.17) is 5.73 Å². The SMILES string of the molecule is NCC1CCCCCC1c1ccncc1F. The van der Waals surface area contributed by atoms with Crippen LogP contribution >= 0.6 is 0 Å². The molecule has 2 atom stereocenters. The largest absolute Gasteiger partial charge is 0.330 e. The van der Waals surface area contributed by atoms with Crippen LogP contribution in [0.3, 0.4) is 0 Å². The van der Waals surface area contributed by atoms with Gasteiger partial charge in [-0.3, -0.25) is 4.98 Å². The molecule has 0 aromatic carbocycles. The van der Waals surface area contributed by atoms with Gasteiger partial charge in [-0.15, -0.1) is 0 Å². The second-order valence-corrected chi connectivity index (χ2v) is 4.64. The summed E-state index contributed by atoms with van der Waals surface area (Å²) in [5, 5.41) is 0. The molecule has 0 radical (unpaired) electrons. The zero-order valence-corrected chi connectivity index (χ0v) is 9.53. The van der Waals surface area contributed by atoms with Crippen LogP contribution in [0.25, 0.3) is 0 Å². The highest BCUT2D eigenvalue weighted by molar-refractivity contribution is 5.19. The minimum Gasteiger partial charge on any atom is -0.330 e. The van der Waals surface area contributed by atoms with Crippen LogP contribution in [0.15, 0.2) is 18.5 Å². The van der Waals surface area contributed by atoms with Crippen LogP contribution in [0, 0.1) is 11.7 Å². The summed E-state index contributed by atoms with van der Waals surface area (Å²) in [5.74, 6) is 0.544. The maximum atomic E-state index is 13.7. The summed E-state index contributed by atoms with van der Waals surface area (Å²) < 4.78 is 13.7. The molecule has 0 saturated heterocycles. The van der Waals surface area contributed by atoms with E-state index in [1.54, 1.807) is 6.20 Å². The Morgan fingerprint density at radius 2 is 2.12 bits per heavy atom. The summed E-state index contributed by atoms with van der Waals surface area (Å²) in [5.41, 5.74) is 6.62. The van der Waals surface area contributed by atoms with Gasteiger partial charge in [0.15, 0.2) is 0 Å². The molecular weight excluding hydrogens is 203 g/mol. The number of rotatable bonds is 2. The third-order valence-corrected chi connectivity index (χ3v) is 3.67. The molecule has 1 fully saturated rings. The Morgan fingerprint density at radius 3 is 2.88 bits per heavy atom. The van der Waals surface area contributed by atoms with Crippen molar-refractivity contribution < 1.29 is 4.39 Å². The highest BCUT2D eigenvalue weighted by Gasteiger charge is 2.26. The van der Waals surface area contributed by atoms with Crippen molar-refractivity contribution in [3.05, 3.63) is 29.8 Å². The minimum atomic E-state index is -0.173. The minimum absolute atomic E-state index is 0.173. The Hall–Kier alpha value is -0.960. The van der Waals surface area contributed by atoms with E-state index >= 15 is 0 Å². The maximum Gasteiger partial charge on any atom is 0.144 e. The van der Waals surface area contributed by atoms with E-state index in [1.807, 2.05) is 6.07 Å². The molecule has 1 heterocycles. The predicted octanol–water partition coefficient (Wildman–Crippen LogP) is 2.84. The van der Waals surface area contributed by atoms with Crippen molar-refractivity contribution in [3.63, 3.8) is 0 Å². The molecule has 0 bridgehead atoms. The normalized spacial score (nSPS) is 26.4. The molecular formula is C13H19FN2. The molecule has 1 aliphatic carbocycles. The fraction of sp³-hybridized carbons (Fsp3) is 0.615. The first kappa shape index (κ1) is 11.5. The predicted molar refractivity (Wildman–Crippen MR) is 62.6 cm³/mol. The molecule has 0 aliphatic heterocycles. The van der Waals surface area contributed by atoms with Crippen molar-refractivity contribution in [1.82, 2.24) is 4.98 Å². The van der Waals surface area contributed by atoms with Crippen molar-refractivity contribution in [2.75, 3.05) is 6.54 Å². The van der Waals surface area contributed by atoms with Gasteiger partial charge in [0.05, 0.1) is 6.20 Å². The van der Waals surface area contributed by atoms with Crippen molar-refractivity contribution in [1.29, 1.82) is 0 Å². The summed E-state index contributed by atoms with van der Waals surface area (Å²) in [7, 11) is 0. The molecule has 3 heteroatoms. The van der Waals surface area contributed by atoms with E-state index in [-0.39, 0.29) is 11.7 Å². The Morgan fingerprint density at radius 1 is 1.31 bits per heavy atom. The van der Waals surface area contributed by atoms with Gasteiger partial charge in [-0.25, -0.2) is 4.39 Å². The van der Waals surface area contributed by atoms with Gasteiger partial charge >= 0.3 is 0 Å². The molecule has 88 valence electrons. The second-order valence-electron chi connectivity index (χ2n) is 4.64. The van der Waals surface area contributed by atoms with Gasteiger partial charge in [0.25, 0.3) is 0 Å². The third-order valence-electron chi connectivity index (χ3n) is 3.67. The van der Waals surface area contributed by atoms with E-state index in [0.717, 1.165) is 18.4 Å². The van der Waals surface area contributed by atoms with Crippen LogP contribution in [0.5, 0.6) is 0 Å². The van der Waals surface area contributed by atoms with E-state index in [1.165, 1.54) is 25.5 Å². The summed E-state index contributed by atoms with van der Waals surface area (Å²) >= 11 is 0. The number of hydrogen-bond acceptors (Lipinski definition) is 2. The number of pyridine rings is 1. The Kier molecular flexibility index (Phi) is 3.88. The lowest BCUT2D eigenvalue weighted by molar-refractivity contribution is 0.395. The van der Waals surface area contributed by atoms with Gasteiger partial charge in [-0.05, 0) is 42.9 Å². The molecule has 1 saturated carbocycles. The molecule has 1 aromatic heterocycles. The van der Waals surface area contributed by atoms with Crippen LogP contribution in [0.2, 0.25) is 0 Å². The molecule has 2 unspecified atom stereocenters. The van der Waals surface area contributed by atoms with E-state index in [9.17, 15) is 4.39 Å². The topological polar surface area (TPSA) is 38.9 Å². The fourth-order valence-electron chi connectivity index (χ4n) is 2.76. The lowest BCUT2D eigenvalue weighted by Crippen LogP contribution is -2.22. The average Bonchev–Trinajstić information content (AvgIpc) is 2.54. The monoisotopic (exact) mass is 222 g/mol. The lowest BCUT2D eigenvalue weighted by atomic mass is 9.82. The van der Waals surface area contributed by atoms with Crippen molar-refractivity contribution in [2.24, 2.45) is 11.7 Å². The van der Waals surface area contributed by atoms with Crippen LogP contribution in [0.4, 0.5) is 4.39 Å². The maximum absolute atomic E-state index is 13.7. The highest BCUT2D eigenvalue weighted by atomic mass is 19.1. The van der Waals surface area contributed by atoms with Crippen LogP contribution in [-0.2, 0) is 0 Å². The van der Waals surface area contributed by atoms with E-state index in [0.29, 0.717) is 12.5 Å². The van der Waals surface area contributed by atoms with Gasteiger partial charge in [-0.2, -0.15) is 0 Å². The summed E-state index contributed by atoms with van der Waals surface area (Å²) in [6.07, 6.45) is 8.84. The molecule has 2 N–H and O–H groups in total. The van der Waals surface area contributed by atoms with Gasteiger partial charge in [0.1, 0.15) is 5.82 Å². The molecule has 1 aromatic rings. The quantitative estimate of drug-likeness (QED) is 0.781. The van der Waals surface area contributed by atoms with Crippen LogP contribution < -0.4 is 5.73 Å². The highest BCUT2D eigenvalue weighted by Crippen LogP contribution is 2.36. The zero-order valence-electron chi connectivity index (χ0n) is 9.53. The molecule has 0 amide bonds. The Bertz CT molecular complexity index is 340. The smallest absolute Gasteiger partial charge is 0.144 e. The van der Waals surface area contributed by atoms with Crippen molar-refractivity contribution >= 4 is 0 Å². The number of hydrogen-bond donors (Lipinski definition) is 1. The van der Waals surface area contributed by atoms with Crippen LogP contribution in [0.1, 0.15) is 43.6 Å². The number of aromatic nitrogens is 1. The number of halogens is 1. The fourth-order valence-corrected chi connectivity index (χ4v) is 2.76. The molecule has 1 aliphatic rings. The van der Waals surface area contributed by atoms with Crippen molar-refractivity contribution in [2.45, 2.75) is 38.0 Å². The molecule has 2 rings (SSSR count).